The van der Waals surface area contributed by atoms with E-state index in [1.807, 2.05) is 60.8 Å². The summed E-state index contributed by atoms with van der Waals surface area (Å²) in [5.74, 6) is 1.53. The molecule has 0 saturated heterocycles. The molecule has 0 atom stereocenters. The van der Waals surface area contributed by atoms with Crippen molar-refractivity contribution < 1.29 is 8.42 Å². The molecule has 196 valence electrons. The standard InChI is InChI=1S/C28H22ClN5O2S3/c1-17-31-32-25-15-30-27(18-7-2-4-9-21(18)29)26-20-12-13-33(16-23(20)38-28(26)34(17)25)39(35,36)24-11-5-3-8-19(24)22-10-6-14-37-22/h2-11,14H,12-13,15-16H2,1H3. The number of halogens is 1. The molecule has 0 spiro atoms. The number of sulfonamides is 1. The molecule has 0 unspecified atom stereocenters. The van der Waals surface area contributed by atoms with Crippen LogP contribution in [0.25, 0.3) is 15.4 Å². The first-order valence-corrected chi connectivity index (χ1v) is 15.9. The van der Waals surface area contributed by atoms with Crippen molar-refractivity contribution in [1.82, 2.24) is 19.1 Å². The smallest absolute Gasteiger partial charge is 0.244 e. The summed E-state index contributed by atoms with van der Waals surface area (Å²) in [7, 11) is -3.74. The van der Waals surface area contributed by atoms with E-state index >= 15 is 0 Å². The van der Waals surface area contributed by atoms with Crippen molar-refractivity contribution in [2.75, 3.05) is 6.54 Å². The Morgan fingerprint density at radius 2 is 1.77 bits per heavy atom. The van der Waals surface area contributed by atoms with Crippen LogP contribution in [0.4, 0.5) is 0 Å². The fraction of sp³-hybridized carbons (Fsp3) is 0.179. The SMILES string of the molecule is Cc1nnc2n1-c1sc3c(c1C(c1ccccc1Cl)=NC2)CCN(S(=O)(=O)c1ccccc1-c1cccs1)C3. The molecule has 0 N–H and O–H groups in total. The summed E-state index contributed by atoms with van der Waals surface area (Å²) in [4.78, 5) is 7.25. The molecule has 3 aromatic heterocycles. The third kappa shape index (κ3) is 4.01. The van der Waals surface area contributed by atoms with Crippen LogP contribution >= 0.6 is 34.3 Å². The molecule has 39 heavy (non-hydrogen) atoms. The van der Waals surface area contributed by atoms with Crippen molar-refractivity contribution in [2.45, 2.75) is 31.3 Å². The Hall–Kier alpha value is -3.15. The zero-order chi connectivity index (χ0) is 26.7. The molecule has 5 aromatic rings. The lowest BCUT2D eigenvalue weighted by Crippen LogP contribution is -2.36. The van der Waals surface area contributed by atoms with Gasteiger partial charge < -0.3 is 0 Å². The molecule has 2 aliphatic heterocycles. The van der Waals surface area contributed by atoms with Crippen molar-refractivity contribution in [3.05, 3.63) is 104 Å². The molecule has 7 nitrogen and oxygen atoms in total. The van der Waals surface area contributed by atoms with Gasteiger partial charge in [0.15, 0.2) is 5.82 Å². The highest BCUT2D eigenvalue weighted by Gasteiger charge is 2.36. The first kappa shape index (κ1) is 24.9. The predicted octanol–water partition coefficient (Wildman–Crippen LogP) is 6.12. The Kier molecular flexibility index (Phi) is 6.05. The van der Waals surface area contributed by atoms with Crippen LogP contribution in [0.2, 0.25) is 5.02 Å². The van der Waals surface area contributed by atoms with Crippen molar-refractivity contribution in [1.29, 1.82) is 0 Å². The number of aryl methyl sites for hydroxylation is 1. The highest BCUT2D eigenvalue weighted by molar-refractivity contribution is 7.89. The zero-order valence-corrected chi connectivity index (χ0v) is 24.0. The van der Waals surface area contributed by atoms with E-state index in [0.717, 1.165) is 54.4 Å². The highest BCUT2D eigenvalue weighted by Crippen LogP contribution is 2.42. The van der Waals surface area contributed by atoms with E-state index in [0.29, 0.717) is 36.0 Å². The molecule has 0 bridgehead atoms. The van der Waals surface area contributed by atoms with Crippen molar-refractivity contribution in [3.63, 3.8) is 0 Å². The fourth-order valence-electron chi connectivity index (χ4n) is 5.31. The Bertz CT molecular complexity index is 1870. The van der Waals surface area contributed by atoms with E-state index in [9.17, 15) is 8.42 Å². The van der Waals surface area contributed by atoms with E-state index in [2.05, 4.69) is 14.8 Å². The van der Waals surface area contributed by atoms with Gasteiger partial charge in [0.05, 0.1) is 10.6 Å². The van der Waals surface area contributed by atoms with Gasteiger partial charge in [-0.05, 0) is 42.5 Å². The number of hydrogen-bond acceptors (Lipinski definition) is 7. The summed E-state index contributed by atoms with van der Waals surface area (Å²) in [5, 5.41) is 12.2. The Labute approximate surface area is 239 Å². The van der Waals surface area contributed by atoms with Gasteiger partial charge in [0, 0.05) is 44.6 Å². The van der Waals surface area contributed by atoms with Crippen molar-refractivity contribution in [2.24, 2.45) is 4.99 Å². The van der Waals surface area contributed by atoms with E-state index in [4.69, 9.17) is 16.6 Å². The minimum atomic E-state index is -3.74. The summed E-state index contributed by atoms with van der Waals surface area (Å²) in [6, 6.07) is 18.9. The van der Waals surface area contributed by atoms with Crippen LogP contribution in [0, 0.1) is 6.92 Å². The third-order valence-corrected chi connectivity index (χ3v) is 11.5. The van der Waals surface area contributed by atoms with Gasteiger partial charge in [-0.3, -0.25) is 9.56 Å². The zero-order valence-electron chi connectivity index (χ0n) is 20.8. The van der Waals surface area contributed by atoms with Gasteiger partial charge in [-0.1, -0.05) is 54.1 Å². The number of rotatable bonds is 4. The van der Waals surface area contributed by atoms with Crippen LogP contribution in [0.3, 0.4) is 0 Å². The molecule has 0 radical (unpaired) electrons. The van der Waals surface area contributed by atoms with Crippen LogP contribution in [-0.2, 0) is 29.5 Å². The molecular formula is C28H22ClN5O2S3. The van der Waals surface area contributed by atoms with E-state index in [1.54, 1.807) is 27.8 Å². The molecule has 2 aliphatic rings. The molecule has 7 rings (SSSR count). The summed E-state index contributed by atoms with van der Waals surface area (Å²) in [6.45, 7) is 2.98. The minimum absolute atomic E-state index is 0.292. The number of thiophene rings is 2. The predicted molar refractivity (Wildman–Crippen MR) is 156 cm³/mol. The average molecular weight is 592 g/mol. The first-order chi connectivity index (χ1) is 18.9. The lowest BCUT2D eigenvalue weighted by atomic mass is 9.96. The second-order valence-electron chi connectivity index (χ2n) is 9.39. The fourth-order valence-corrected chi connectivity index (χ4v) is 9.50. The number of nitrogens with zero attached hydrogens (tertiary/aromatic N) is 5. The molecule has 11 heteroatoms. The van der Waals surface area contributed by atoms with Gasteiger partial charge in [0.2, 0.25) is 10.0 Å². The summed E-state index contributed by atoms with van der Waals surface area (Å²) in [6.07, 6.45) is 0.571. The van der Waals surface area contributed by atoms with Crippen LogP contribution in [-0.4, -0.2) is 39.7 Å². The largest absolute Gasteiger partial charge is 0.276 e. The summed E-state index contributed by atoms with van der Waals surface area (Å²) < 4.78 is 31.7. The summed E-state index contributed by atoms with van der Waals surface area (Å²) >= 11 is 9.78. The molecule has 2 aromatic carbocycles. The number of benzene rings is 2. The normalized spacial score (nSPS) is 15.3. The topological polar surface area (TPSA) is 80.5 Å². The maximum Gasteiger partial charge on any atom is 0.244 e. The van der Waals surface area contributed by atoms with E-state index < -0.39 is 10.0 Å². The monoisotopic (exact) mass is 591 g/mol. The Balaban J connectivity index is 1.35. The molecule has 0 fully saturated rings. The molecule has 0 aliphatic carbocycles. The first-order valence-electron chi connectivity index (χ1n) is 12.4. The number of aromatic nitrogens is 3. The van der Waals surface area contributed by atoms with Crippen LogP contribution in [0.5, 0.6) is 0 Å². The third-order valence-electron chi connectivity index (χ3n) is 7.13. The number of aliphatic imine (C=N–C) groups is 1. The lowest BCUT2D eigenvalue weighted by molar-refractivity contribution is 0.396. The minimum Gasteiger partial charge on any atom is -0.276 e. The van der Waals surface area contributed by atoms with Crippen LogP contribution in [0.15, 0.2) is 75.9 Å². The van der Waals surface area contributed by atoms with Gasteiger partial charge >= 0.3 is 0 Å². The maximum absolute atomic E-state index is 14.0. The molecular weight excluding hydrogens is 570 g/mol. The van der Waals surface area contributed by atoms with Gasteiger partial charge in [0.1, 0.15) is 17.4 Å². The Morgan fingerprint density at radius 1 is 0.974 bits per heavy atom. The molecule has 0 saturated carbocycles. The molecule has 5 heterocycles. The number of fused-ring (bicyclic) bond motifs is 5. The van der Waals surface area contributed by atoms with Crippen molar-refractivity contribution in [3.8, 4) is 15.4 Å². The second-order valence-corrected chi connectivity index (χ2v) is 13.7. The van der Waals surface area contributed by atoms with Crippen LogP contribution < -0.4 is 0 Å². The van der Waals surface area contributed by atoms with Gasteiger partial charge in [-0.2, -0.15) is 4.31 Å². The van der Waals surface area contributed by atoms with Gasteiger partial charge in [0.25, 0.3) is 0 Å². The quantitative estimate of drug-likeness (QED) is 0.252. The summed E-state index contributed by atoms with van der Waals surface area (Å²) in [5.41, 5.74) is 4.53. The maximum atomic E-state index is 14.0. The number of hydrogen-bond donors (Lipinski definition) is 0. The molecule has 0 amide bonds. The van der Waals surface area contributed by atoms with Crippen molar-refractivity contribution >= 4 is 50.0 Å². The van der Waals surface area contributed by atoms with E-state index in [-0.39, 0.29) is 0 Å². The Morgan fingerprint density at radius 3 is 2.56 bits per heavy atom. The lowest BCUT2D eigenvalue weighted by Gasteiger charge is -2.27. The average Bonchev–Trinajstić information content (AvgIpc) is 3.67. The van der Waals surface area contributed by atoms with E-state index in [1.165, 1.54) is 11.3 Å². The highest BCUT2D eigenvalue weighted by atomic mass is 35.5. The second kappa shape index (κ2) is 9.50. The van der Waals surface area contributed by atoms with Gasteiger partial charge in [-0.25, -0.2) is 8.42 Å². The van der Waals surface area contributed by atoms with Gasteiger partial charge in [-0.15, -0.1) is 32.9 Å². The van der Waals surface area contributed by atoms with Crippen LogP contribution in [0.1, 0.15) is 33.2 Å².